The summed E-state index contributed by atoms with van der Waals surface area (Å²) in [5.74, 6) is -8.74. The number of rotatable bonds is 35. The molecule has 112 heavy (non-hydrogen) atoms. The van der Waals surface area contributed by atoms with Crippen molar-refractivity contribution in [3.63, 3.8) is 0 Å². The van der Waals surface area contributed by atoms with Crippen molar-refractivity contribution in [1.82, 2.24) is 93.7 Å². The van der Waals surface area contributed by atoms with E-state index < -0.39 is 132 Å². The average Bonchev–Trinajstić information content (AvgIpc) is 1.50. The molecule has 9 rings (SSSR count). The van der Waals surface area contributed by atoms with Crippen LogP contribution in [0.15, 0.2) is 97.6 Å². The number of fused-ring (bicyclic) bond motifs is 1. The van der Waals surface area contributed by atoms with E-state index in [4.69, 9.17) is 33.2 Å². The molecular formula is C75H105ClN22O14. The number of likely N-dealkylation sites (tertiary alicyclic amines) is 1. The molecule has 0 radical (unpaired) electrons. The van der Waals surface area contributed by atoms with Gasteiger partial charge in [-0.25, -0.2) is 15.2 Å². The number of nitrogens with zero attached hydrogens (tertiary/aromatic N) is 5. The Bertz CT molecular complexity index is 4200. The Balaban J connectivity index is 0.000000638. The molecule has 3 saturated heterocycles. The predicted octanol–water partition coefficient (Wildman–Crippen LogP) is -0.160. The lowest BCUT2D eigenvalue weighted by molar-refractivity contribution is -0.142. The number of aryl methyl sites for hydroxylation is 1. The Kier molecular flexibility index (Phi) is 32.0. The summed E-state index contributed by atoms with van der Waals surface area (Å²) in [6, 6.07) is 9.49. The highest BCUT2D eigenvalue weighted by atomic mass is 35.5. The minimum atomic E-state index is -1.80. The maximum absolute atomic E-state index is 14.8. The van der Waals surface area contributed by atoms with Crippen LogP contribution in [0.2, 0.25) is 5.02 Å². The summed E-state index contributed by atoms with van der Waals surface area (Å²) < 4.78 is 6.02. The summed E-state index contributed by atoms with van der Waals surface area (Å²) in [4.78, 5) is 168. The largest absolute Gasteiger partial charge is 0.508 e. The maximum atomic E-state index is 14.8. The fourth-order valence-electron chi connectivity index (χ4n) is 13.0. The predicted molar refractivity (Wildman–Crippen MR) is 415 cm³/mol. The SMILES string of the molecule is CC(C)C[C@H](NC(=O)[C@@H](COC(C)(C)C)NC(=O)[C@H](Cc1ccc(O)cc1)NC(=O)[C@H](CO)NC(=O)[C@H](Cc1c[nH]c2ccccc12)NC(=O)[C@H](Cc1c[nH]cn1)NC(=O)[C@@H]1CCC(=O)N1)C(=O)N[C@@H](CCCNC(=N)N)C(=O)N1CCC[C@H]1C(=O)NNC(N)=O.Cc1cc(CCN2CCN(c3cccc(Cl)c3)CC2)n[nH]1. The maximum Gasteiger partial charge on any atom is 0.330 e. The molecule has 3 aliphatic rings. The first kappa shape index (κ1) is 86.2. The molecule has 37 heteroatoms. The van der Waals surface area contributed by atoms with E-state index >= 15 is 0 Å². The molecule has 0 aliphatic carbocycles. The van der Waals surface area contributed by atoms with Crippen molar-refractivity contribution in [2.45, 2.75) is 172 Å². The number of amides is 12. The van der Waals surface area contributed by atoms with Gasteiger partial charge in [-0.1, -0.05) is 61.8 Å². The Morgan fingerprint density at radius 3 is 1.98 bits per heavy atom. The minimum Gasteiger partial charge on any atom is -0.508 e. The second kappa shape index (κ2) is 41.6. The van der Waals surface area contributed by atoms with Crippen molar-refractivity contribution >= 4 is 99.3 Å². The second-order valence-corrected chi connectivity index (χ2v) is 29.7. The molecule has 21 N–H and O–H groups in total. The lowest BCUT2D eigenvalue weighted by atomic mass is 10.0. The van der Waals surface area contributed by atoms with Crippen LogP contribution in [0.3, 0.4) is 0 Å². The van der Waals surface area contributed by atoms with Gasteiger partial charge in [0.05, 0.1) is 36.5 Å². The van der Waals surface area contributed by atoms with E-state index in [0.717, 1.165) is 55.6 Å². The molecule has 0 bridgehead atoms. The molecule has 0 saturated carbocycles. The average molecular weight is 1570 g/mol. The number of hydrogen-bond donors (Lipinski definition) is 19. The number of aromatic hydroxyl groups is 1. The van der Waals surface area contributed by atoms with Crippen molar-refractivity contribution in [3.05, 3.63) is 131 Å². The number of urea groups is 1. The first-order chi connectivity index (χ1) is 53.4. The van der Waals surface area contributed by atoms with Gasteiger partial charge in [-0.2, -0.15) is 5.10 Å². The highest BCUT2D eigenvalue weighted by Crippen LogP contribution is 2.24. The molecule has 3 aromatic carbocycles. The number of primary amides is 1. The number of aromatic amines is 3. The lowest BCUT2D eigenvalue weighted by Gasteiger charge is -2.36. The number of phenols is 1. The van der Waals surface area contributed by atoms with Crippen LogP contribution in [0.5, 0.6) is 5.75 Å². The number of piperazine rings is 1. The van der Waals surface area contributed by atoms with Crippen molar-refractivity contribution in [1.29, 1.82) is 5.41 Å². The molecule has 36 nitrogen and oxygen atoms in total. The number of imidazole rings is 1. The number of guanidine groups is 1. The van der Waals surface area contributed by atoms with E-state index in [1.807, 2.05) is 30.5 Å². The molecule has 606 valence electrons. The number of phenolic OH excluding ortho intramolecular Hbond substituents is 1. The highest BCUT2D eigenvalue weighted by Gasteiger charge is 2.41. The Hall–Kier alpha value is -11.4. The molecule has 6 heterocycles. The van der Waals surface area contributed by atoms with E-state index in [-0.39, 0.29) is 94.4 Å². The highest BCUT2D eigenvalue weighted by molar-refractivity contribution is 6.30. The van der Waals surface area contributed by atoms with Gasteiger partial charge in [-0.3, -0.25) is 68.8 Å². The topological polar surface area (TPSA) is 529 Å². The Morgan fingerprint density at radius 2 is 1.36 bits per heavy atom. The zero-order valence-electron chi connectivity index (χ0n) is 63.7. The smallest absolute Gasteiger partial charge is 0.330 e. The molecule has 0 spiro atoms. The number of halogens is 1. The van der Waals surface area contributed by atoms with Gasteiger partial charge in [0.15, 0.2) is 5.96 Å². The number of hydrazine groups is 1. The number of nitrogens with two attached hydrogens (primary N) is 2. The summed E-state index contributed by atoms with van der Waals surface area (Å²) in [7, 11) is 0. The first-order valence-electron chi connectivity index (χ1n) is 37.3. The Labute approximate surface area is 653 Å². The molecule has 3 fully saturated rings. The summed E-state index contributed by atoms with van der Waals surface area (Å²) in [5.41, 5.74) is 19.4. The van der Waals surface area contributed by atoms with E-state index in [1.54, 1.807) is 65.1 Å². The zero-order valence-corrected chi connectivity index (χ0v) is 64.5. The minimum absolute atomic E-state index is 0.00232. The summed E-state index contributed by atoms with van der Waals surface area (Å²) >= 11 is 6.07. The normalized spacial score (nSPS) is 16.8. The number of aromatic nitrogens is 5. The monoisotopic (exact) mass is 1570 g/mol. The second-order valence-electron chi connectivity index (χ2n) is 29.3. The van der Waals surface area contributed by atoms with Crippen molar-refractivity contribution in [2.24, 2.45) is 17.4 Å². The van der Waals surface area contributed by atoms with Crippen molar-refractivity contribution in [3.8, 4) is 5.75 Å². The van der Waals surface area contributed by atoms with Crippen LogP contribution in [0, 0.1) is 18.3 Å². The number of benzene rings is 3. The van der Waals surface area contributed by atoms with Crippen LogP contribution in [0.1, 0.15) is 108 Å². The summed E-state index contributed by atoms with van der Waals surface area (Å²) in [5, 5.41) is 61.0. The number of anilines is 1. The molecular weight excluding hydrogens is 1470 g/mol. The third-order valence-electron chi connectivity index (χ3n) is 18.9. The van der Waals surface area contributed by atoms with Crippen LogP contribution in [-0.4, -0.2) is 235 Å². The van der Waals surface area contributed by atoms with Crippen LogP contribution in [0.4, 0.5) is 10.5 Å². The van der Waals surface area contributed by atoms with E-state index in [2.05, 4.69) is 100 Å². The number of ether oxygens (including phenoxy) is 1. The van der Waals surface area contributed by atoms with Crippen LogP contribution < -0.4 is 75.1 Å². The molecule has 3 aliphatic heterocycles. The third-order valence-corrected chi connectivity index (χ3v) is 19.1. The Morgan fingerprint density at radius 1 is 0.714 bits per heavy atom. The van der Waals surface area contributed by atoms with E-state index in [0.29, 0.717) is 34.1 Å². The van der Waals surface area contributed by atoms with Gasteiger partial charge in [0.25, 0.3) is 5.91 Å². The number of carbonyl (C=O) groups excluding carboxylic acids is 11. The van der Waals surface area contributed by atoms with Gasteiger partial charge in [0.1, 0.15) is 60.1 Å². The van der Waals surface area contributed by atoms with Gasteiger partial charge in [0.2, 0.25) is 53.2 Å². The number of H-pyrrole nitrogens is 3. The lowest BCUT2D eigenvalue weighted by Crippen LogP contribution is -2.62. The van der Waals surface area contributed by atoms with Crippen LogP contribution in [0.25, 0.3) is 10.9 Å². The van der Waals surface area contributed by atoms with Crippen LogP contribution in [-0.2, 0) is 78.4 Å². The van der Waals surface area contributed by atoms with Gasteiger partial charge < -0.3 is 94.0 Å². The summed E-state index contributed by atoms with van der Waals surface area (Å²) in [6.45, 7) is 14.7. The number of aliphatic hydroxyl groups excluding tert-OH is 1. The van der Waals surface area contributed by atoms with E-state index in [9.17, 15) is 63.0 Å². The zero-order chi connectivity index (χ0) is 81.2. The number of hydrogen-bond acceptors (Lipinski definition) is 19. The van der Waals surface area contributed by atoms with Gasteiger partial charge in [-0.05, 0) is 126 Å². The van der Waals surface area contributed by atoms with Crippen LogP contribution >= 0.6 is 11.6 Å². The standard InChI is InChI=1S/C59H84N18O14.C16H21ClN4/c1-31(2)22-40(49(82)68-39(12-8-20-64-57(60)61)56(89)77-21-9-13-46(77)55(88)75-76-58(62)90)69-54(87)45(29-91-59(3,4)5)74-50(83)41(23-32-14-16-35(79)17-15-32)70-53(86)44(28-78)73-51(84)42(24-33-26-65-37-11-7-6-10-36(33)37)71-52(85)43(25-34-27-63-30-66-34)72-48(81)38-18-19-47(80)67-38;1-13-11-15(19-18-13)5-6-20-7-9-21(10-8-20)16-4-2-3-14(17)12-16/h6-7,10-11,14-17,26-27,30-31,38-46,65,78-79H,8-9,12-13,18-25,28-29H2,1-5H3,(H,63,66)(H,67,80)(H,68,82)(H,69,87)(H,70,86)(H,71,85)(H,72,81)(H,73,84)(H,74,83)(H,75,88)(H4,60,61,64)(H3,62,76,90);2-4,11-12H,5-10H2,1H3,(H,18,19)/t38-,39-,40-,41-,42-,43-,44-,45+,46-;/m0./s1. The third kappa shape index (κ3) is 27.0. The molecule has 12 amide bonds. The molecule has 3 aromatic heterocycles. The number of aliphatic hydroxyl groups is 1. The van der Waals surface area contributed by atoms with Crippen molar-refractivity contribution in [2.75, 3.05) is 63.9 Å². The molecule has 6 aromatic rings. The van der Waals surface area contributed by atoms with E-state index in [1.165, 1.54) is 47.4 Å². The number of carbonyl (C=O) groups is 11. The van der Waals surface area contributed by atoms with Gasteiger partial charge >= 0.3 is 6.03 Å². The molecule has 9 atom stereocenters. The first-order valence-corrected chi connectivity index (χ1v) is 37.7. The van der Waals surface area contributed by atoms with Gasteiger partial charge in [-0.15, -0.1) is 0 Å². The molecule has 0 unspecified atom stereocenters. The number of para-hydroxylation sites is 1. The fraction of sp³-hybridized carbons (Fsp3) is 0.493. The number of nitrogens with one attached hydrogen (secondary N) is 15. The fourth-order valence-corrected chi connectivity index (χ4v) is 13.2. The summed E-state index contributed by atoms with van der Waals surface area (Å²) in [6.07, 6.45) is 5.97. The quantitative estimate of drug-likeness (QED) is 0.0106. The van der Waals surface area contributed by atoms with Crippen molar-refractivity contribution < 1.29 is 67.7 Å². The van der Waals surface area contributed by atoms with Gasteiger partial charge in [0, 0.05) is 118 Å².